The molecule has 192 valence electrons. The number of hydrogen-bond donors (Lipinski definition) is 3. The Balaban J connectivity index is 1.25. The van der Waals surface area contributed by atoms with E-state index in [1.54, 1.807) is 25.5 Å². The summed E-state index contributed by atoms with van der Waals surface area (Å²) in [5.41, 5.74) is 6.93. The van der Waals surface area contributed by atoms with Crippen LogP contribution in [0.4, 0.5) is 5.69 Å². The second kappa shape index (κ2) is 9.25. The van der Waals surface area contributed by atoms with E-state index in [9.17, 15) is 9.59 Å². The SMILES string of the molecule is CC(=O)c1ccc(-c2nccc3[nH]c(-c4n[nH]c5ccc(-c6cncc(NC(=O)C7CCC7)c6)nc45)cc23)s1. The Morgan fingerprint density at radius 3 is 2.72 bits per heavy atom. The monoisotopic (exact) mass is 533 g/mol. The summed E-state index contributed by atoms with van der Waals surface area (Å²) >= 11 is 1.44. The van der Waals surface area contributed by atoms with Crippen LogP contribution in [0.3, 0.4) is 0 Å². The van der Waals surface area contributed by atoms with Crippen LogP contribution >= 0.6 is 11.3 Å². The third-order valence-corrected chi connectivity index (χ3v) is 8.37. The van der Waals surface area contributed by atoms with Crippen LogP contribution in [-0.4, -0.2) is 41.8 Å². The van der Waals surface area contributed by atoms with Crippen LogP contribution in [0.2, 0.25) is 0 Å². The molecule has 0 unspecified atom stereocenters. The van der Waals surface area contributed by atoms with Gasteiger partial charge in [-0.25, -0.2) is 4.98 Å². The Morgan fingerprint density at radius 1 is 1.03 bits per heavy atom. The van der Waals surface area contributed by atoms with Crippen molar-refractivity contribution in [1.29, 1.82) is 0 Å². The molecule has 1 aliphatic carbocycles. The molecule has 0 bridgehead atoms. The van der Waals surface area contributed by atoms with Crippen molar-refractivity contribution >= 4 is 50.7 Å². The molecular weight excluding hydrogens is 510 g/mol. The van der Waals surface area contributed by atoms with E-state index >= 15 is 0 Å². The van der Waals surface area contributed by atoms with Gasteiger partial charge < -0.3 is 10.3 Å². The largest absolute Gasteiger partial charge is 0.353 e. The number of amides is 1. The lowest BCUT2D eigenvalue weighted by Gasteiger charge is -2.24. The summed E-state index contributed by atoms with van der Waals surface area (Å²) in [7, 11) is 0. The Bertz CT molecular complexity index is 1900. The van der Waals surface area contributed by atoms with Crippen LogP contribution in [0.1, 0.15) is 35.9 Å². The van der Waals surface area contributed by atoms with Crippen LogP contribution in [-0.2, 0) is 4.79 Å². The fourth-order valence-electron chi connectivity index (χ4n) is 4.84. The maximum Gasteiger partial charge on any atom is 0.227 e. The van der Waals surface area contributed by atoms with E-state index in [0.717, 1.165) is 63.2 Å². The highest BCUT2D eigenvalue weighted by Crippen LogP contribution is 2.36. The lowest BCUT2D eigenvalue weighted by atomic mass is 9.85. The minimum absolute atomic E-state index is 0.0412. The normalized spacial score (nSPS) is 13.6. The number of H-pyrrole nitrogens is 2. The van der Waals surface area contributed by atoms with Crippen molar-refractivity contribution in [2.24, 2.45) is 5.92 Å². The first-order valence-corrected chi connectivity index (χ1v) is 13.6. The molecule has 6 aromatic heterocycles. The first-order chi connectivity index (χ1) is 19.0. The number of nitrogens with zero attached hydrogens (tertiary/aromatic N) is 4. The number of thiophene rings is 1. The van der Waals surface area contributed by atoms with Crippen LogP contribution < -0.4 is 5.32 Å². The zero-order chi connectivity index (χ0) is 26.5. The molecule has 6 aromatic rings. The van der Waals surface area contributed by atoms with Crippen LogP contribution in [0, 0.1) is 5.92 Å². The molecule has 1 saturated carbocycles. The van der Waals surface area contributed by atoms with E-state index < -0.39 is 0 Å². The second-order valence-electron chi connectivity index (χ2n) is 9.77. The summed E-state index contributed by atoms with van der Waals surface area (Å²) in [4.78, 5) is 43.2. The molecule has 0 spiro atoms. The Hall–Kier alpha value is -4.70. The highest BCUT2D eigenvalue weighted by molar-refractivity contribution is 7.17. The number of rotatable bonds is 6. The summed E-state index contributed by atoms with van der Waals surface area (Å²) in [5, 5.41) is 11.6. The third kappa shape index (κ3) is 4.18. The first-order valence-electron chi connectivity index (χ1n) is 12.7. The van der Waals surface area contributed by atoms with Crippen LogP contribution in [0.15, 0.2) is 61.1 Å². The van der Waals surface area contributed by atoms with Crippen molar-refractivity contribution in [1.82, 2.24) is 30.1 Å². The fraction of sp³-hybridized carbons (Fsp3) is 0.172. The molecule has 1 aliphatic rings. The summed E-state index contributed by atoms with van der Waals surface area (Å²) in [6.07, 6.45) is 8.15. The molecule has 3 N–H and O–H groups in total. The van der Waals surface area contributed by atoms with E-state index in [1.165, 1.54) is 11.3 Å². The molecular formula is C29H23N7O2S. The van der Waals surface area contributed by atoms with E-state index in [0.29, 0.717) is 21.8 Å². The van der Waals surface area contributed by atoms with Gasteiger partial charge in [0.25, 0.3) is 0 Å². The van der Waals surface area contributed by atoms with Gasteiger partial charge in [0.15, 0.2) is 5.78 Å². The van der Waals surface area contributed by atoms with Crippen molar-refractivity contribution in [3.05, 3.63) is 65.9 Å². The topological polar surface area (TPSA) is 129 Å². The highest BCUT2D eigenvalue weighted by atomic mass is 32.1. The van der Waals surface area contributed by atoms with Gasteiger partial charge in [-0.2, -0.15) is 5.10 Å². The maximum absolute atomic E-state index is 12.4. The number of pyridine rings is 3. The van der Waals surface area contributed by atoms with Gasteiger partial charge in [0.2, 0.25) is 5.91 Å². The molecule has 7 rings (SSSR count). The summed E-state index contributed by atoms with van der Waals surface area (Å²) in [6, 6.07) is 13.5. The molecule has 0 atom stereocenters. The van der Waals surface area contributed by atoms with Gasteiger partial charge in [-0.3, -0.25) is 24.7 Å². The van der Waals surface area contributed by atoms with Gasteiger partial charge in [-0.1, -0.05) is 6.42 Å². The minimum Gasteiger partial charge on any atom is -0.353 e. The van der Waals surface area contributed by atoms with Gasteiger partial charge in [-0.15, -0.1) is 11.3 Å². The molecule has 0 aliphatic heterocycles. The first kappa shape index (κ1) is 23.4. The smallest absolute Gasteiger partial charge is 0.227 e. The van der Waals surface area contributed by atoms with Gasteiger partial charge in [0, 0.05) is 34.8 Å². The molecule has 6 heterocycles. The zero-order valence-corrected chi connectivity index (χ0v) is 21.8. The van der Waals surface area contributed by atoms with Crippen molar-refractivity contribution in [2.45, 2.75) is 26.2 Å². The van der Waals surface area contributed by atoms with Crippen LogP contribution in [0.25, 0.3) is 55.2 Å². The fourth-order valence-corrected chi connectivity index (χ4v) is 5.75. The number of carbonyl (C=O) groups excluding carboxylic acids is 2. The average molecular weight is 534 g/mol. The number of hydrogen-bond acceptors (Lipinski definition) is 7. The maximum atomic E-state index is 12.4. The lowest BCUT2D eigenvalue weighted by molar-refractivity contribution is -0.122. The average Bonchev–Trinajstić information content (AvgIpc) is 3.65. The van der Waals surface area contributed by atoms with Gasteiger partial charge in [0.05, 0.1) is 44.2 Å². The number of carbonyl (C=O) groups is 2. The van der Waals surface area contributed by atoms with E-state index in [1.807, 2.05) is 42.5 Å². The molecule has 0 saturated heterocycles. The van der Waals surface area contributed by atoms with E-state index in [2.05, 4.69) is 30.5 Å². The lowest BCUT2D eigenvalue weighted by Crippen LogP contribution is -2.28. The predicted octanol–water partition coefficient (Wildman–Crippen LogP) is 6.23. The Labute approximate surface area is 226 Å². The number of Topliss-reactive ketones (excluding diaryl/α,β-unsaturated/α-hetero) is 1. The molecule has 0 radical (unpaired) electrons. The number of ketones is 1. The van der Waals surface area contributed by atoms with Gasteiger partial charge in [-0.05, 0) is 62.2 Å². The third-order valence-electron chi connectivity index (χ3n) is 7.17. The predicted molar refractivity (Wildman–Crippen MR) is 151 cm³/mol. The summed E-state index contributed by atoms with van der Waals surface area (Å²) in [6.45, 7) is 1.57. The Morgan fingerprint density at radius 2 is 1.92 bits per heavy atom. The number of aromatic amines is 2. The van der Waals surface area contributed by atoms with Crippen molar-refractivity contribution < 1.29 is 9.59 Å². The molecule has 39 heavy (non-hydrogen) atoms. The standard InChI is InChI=1S/C29H23N7O2S/c1-15(37)24-7-8-25(39-24)26-19-12-23(33-21(19)9-10-31-26)28-27-22(35-36-28)6-5-20(34-27)17-11-18(14-30-13-17)32-29(38)16-3-2-4-16/h5-14,16,33H,2-4H2,1H3,(H,32,38)(H,35,36). The van der Waals surface area contributed by atoms with Crippen molar-refractivity contribution in [2.75, 3.05) is 5.32 Å². The minimum atomic E-state index is 0.0412. The van der Waals surface area contributed by atoms with Crippen molar-refractivity contribution in [3.63, 3.8) is 0 Å². The highest BCUT2D eigenvalue weighted by Gasteiger charge is 2.25. The zero-order valence-electron chi connectivity index (χ0n) is 21.0. The van der Waals surface area contributed by atoms with E-state index in [-0.39, 0.29) is 17.6 Å². The van der Waals surface area contributed by atoms with Gasteiger partial charge >= 0.3 is 0 Å². The quantitative estimate of drug-likeness (QED) is 0.218. The van der Waals surface area contributed by atoms with Crippen molar-refractivity contribution in [3.8, 4) is 33.2 Å². The van der Waals surface area contributed by atoms with Crippen LogP contribution in [0.5, 0.6) is 0 Å². The molecule has 10 heteroatoms. The summed E-state index contributed by atoms with van der Waals surface area (Å²) < 4.78 is 0. The second-order valence-corrected chi connectivity index (χ2v) is 10.9. The number of anilines is 1. The number of fused-ring (bicyclic) bond motifs is 2. The Kier molecular flexibility index (Phi) is 5.55. The molecule has 0 aromatic carbocycles. The summed E-state index contributed by atoms with van der Waals surface area (Å²) in [5.74, 6) is 0.188. The number of nitrogens with one attached hydrogen (secondary N) is 3. The molecule has 1 amide bonds. The van der Waals surface area contributed by atoms with E-state index in [4.69, 9.17) is 4.98 Å². The molecule has 1 fully saturated rings. The number of aromatic nitrogens is 6. The molecule has 9 nitrogen and oxygen atoms in total. The van der Waals surface area contributed by atoms with Gasteiger partial charge in [0.1, 0.15) is 11.2 Å².